The first-order valence-electron chi connectivity index (χ1n) is 6.93. The Kier molecular flexibility index (Phi) is 4.66. The molecular weight excluding hydrogens is 242 g/mol. The van der Waals surface area contributed by atoms with Gasteiger partial charge in [0.1, 0.15) is 11.9 Å². The molecule has 0 spiro atoms. The SMILES string of the molecule is CCC1CN(CCCCC(=O)O)c2ccccc2O1. The fraction of sp³-hybridized carbons (Fsp3) is 0.533. The summed E-state index contributed by atoms with van der Waals surface area (Å²) in [6.07, 6.45) is 3.10. The number of carbonyl (C=O) groups is 1. The predicted molar refractivity (Wildman–Crippen MR) is 74.8 cm³/mol. The van der Waals surface area contributed by atoms with Gasteiger partial charge < -0.3 is 14.7 Å². The highest BCUT2D eigenvalue weighted by molar-refractivity contribution is 5.66. The third-order valence-corrected chi connectivity index (χ3v) is 3.45. The van der Waals surface area contributed by atoms with Crippen molar-refractivity contribution in [3.63, 3.8) is 0 Å². The van der Waals surface area contributed by atoms with Gasteiger partial charge in [0, 0.05) is 13.0 Å². The summed E-state index contributed by atoms with van der Waals surface area (Å²) in [6.45, 7) is 3.91. The van der Waals surface area contributed by atoms with Crippen molar-refractivity contribution in [1.82, 2.24) is 0 Å². The van der Waals surface area contributed by atoms with E-state index >= 15 is 0 Å². The average Bonchev–Trinajstić information content (AvgIpc) is 2.42. The smallest absolute Gasteiger partial charge is 0.303 e. The maximum atomic E-state index is 10.5. The van der Waals surface area contributed by atoms with Gasteiger partial charge in [-0.2, -0.15) is 0 Å². The Labute approximate surface area is 114 Å². The summed E-state index contributed by atoms with van der Waals surface area (Å²) in [4.78, 5) is 12.8. The molecule has 19 heavy (non-hydrogen) atoms. The van der Waals surface area contributed by atoms with Crippen LogP contribution in [0, 0.1) is 0 Å². The Hall–Kier alpha value is -1.71. The Morgan fingerprint density at radius 3 is 2.95 bits per heavy atom. The molecule has 0 aromatic heterocycles. The van der Waals surface area contributed by atoms with Crippen molar-refractivity contribution in [2.24, 2.45) is 0 Å². The zero-order chi connectivity index (χ0) is 13.7. The van der Waals surface area contributed by atoms with E-state index in [2.05, 4.69) is 17.9 Å². The first-order chi connectivity index (χ1) is 9.20. The molecule has 0 aliphatic carbocycles. The van der Waals surface area contributed by atoms with Gasteiger partial charge >= 0.3 is 5.97 Å². The second-order valence-corrected chi connectivity index (χ2v) is 4.91. The maximum Gasteiger partial charge on any atom is 0.303 e. The summed E-state index contributed by atoms with van der Waals surface area (Å²) in [5.41, 5.74) is 1.13. The molecule has 4 heteroatoms. The van der Waals surface area contributed by atoms with Crippen LogP contribution >= 0.6 is 0 Å². The van der Waals surface area contributed by atoms with Gasteiger partial charge in [-0.15, -0.1) is 0 Å². The zero-order valence-corrected chi connectivity index (χ0v) is 11.3. The molecule has 1 N–H and O–H groups in total. The van der Waals surface area contributed by atoms with Crippen LogP contribution in [0.4, 0.5) is 5.69 Å². The standard InChI is InChI=1S/C15H21NO3/c1-2-12-11-16(10-6-5-9-15(17)18)13-7-3-4-8-14(13)19-12/h3-4,7-8,12H,2,5-6,9-11H2,1H3,(H,17,18). The number of ether oxygens (including phenoxy) is 1. The number of carboxylic acids is 1. The molecule has 104 valence electrons. The van der Waals surface area contributed by atoms with Gasteiger partial charge in [-0.3, -0.25) is 4.79 Å². The van der Waals surface area contributed by atoms with E-state index in [0.29, 0.717) is 0 Å². The number of hydrogen-bond acceptors (Lipinski definition) is 3. The van der Waals surface area contributed by atoms with Gasteiger partial charge in [0.15, 0.2) is 0 Å². The number of anilines is 1. The maximum absolute atomic E-state index is 10.5. The molecule has 0 radical (unpaired) electrons. The molecule has 1 aromatic carbocycles. The van der Waals surface area contributed by atoms with E-state index in [1.54, 1.807) is 0 Å². The van der Waals surface area contributed by atoms with Crippen molar-refractivity contribution >= 4 is 11.7 Å². The number of para-hydroxylation sites is 2. The molecule has 1 aliphatic heterocycles. The predicted octanol–water partition coefficient (Wildman–Crippen LogP) is 2.92. The summed E-state index contributed by atoms with van der Waals surface area (Å²) in [7, 11) is 0. The topological polar surface area (TPSA) is 49.8 Å². The van der Waals surface area contributed by atoms with Crippen LogP contribution in [0.1, 0.15) is 32.6 Å². The minimum atomic E-state index is -0.714. The van der Waals surface area contributed by atoms with Gasteiger partial charge in [-0.05, 0) is 31.4 Å². The number of aliphatic carboxylic acids is 1. The van der Waals surface area contributed by atoms with Crippen LogP contribution in [-0.4, -0.2) is 30.3 Å². The first-order valence-corrected chi connectivity index (χ1v) is 6.93. The average molecular weight is 263 g/mol. The second kappa shape index (κ2) is 6.45. The van der Waals surface area contributed by atoms with Crippen molar-refractivity contribution in [2.45, 2.75) is 38.7 Å². The van der Waals surface area contributed by atoms with Crippen LogP contribution in [0.3, 0.4) is 0 Å². The quantitative estimate of drug-likeness (QED) is 0.802. The monoisotopic (exact) mass is 263 g/mol. The third-order valence-electron chi connectivity index (χ3n) is 3.45. The third kappa shape index (κ3) is 3.63. The van der Waals surface area contributed by atoms with Crippen molar-refractivity contribution in [1.29, 1.82) is 0 Å². The number of benzene rings is 1. The Morgan fingerprint density at radius 2 is 2.21 bits per heavy atom. The van der Waals surface area contributed by atoms with Crippen LogP contribution in [0.2, 0.25) is 0 Å². The fourth-order valence-corrected chi connectivity index (χ4v) is 2.38. The second-order valence-electron chi connectivity index (χ2n) is 4.91. The Bertz CT molecular complexity index is 433. The van der Waals surface area contributed by atoms with E-state index in [0.717, 1.165) is 43.8 Å². The Balaban J connectivity index is 1.97. The molecule has 0 bridgehead atoms. The van der Waals surface area contributed by atoms with Crippen molar-refractivity contribution in [3.05, 3.63) is 24.3 Å². The molecule has 0 fully saturated rings. The van der Waals surface area contributed by atoms with Gasteiger partial charge in [-0.25, -0.2) is 0 Å². The van der Waals surface area contributed by atoms with Gasteiger partial charge in [0.2, 0.25) is 0 Å². The molecule has 0 amide bonds. The summed E-state index contributed by atoms with van der Waals surface area (Å²) in [5, 5.41) is 8.65. The summed E-state index contributed by atoms with van der Waals surface area (Å²) in [5.74, 6) is 0.229. The fourth-order valence-electron chi connectivity index (χ4n) is 2.38. The largest absolute Gasteiger partial charge is 0.486 e. The summed E-state index contributed by atoms with van der Waals surface area (Å²) < 4.78 is 5.92. The number of rotatable bonds is 6. The number of unbranched alkanes of at least 4 members (excludes halogenated alkanes) is 1. The highest BCUT2D eigenvalue weighted by atomic mass is 16.5. The molecular formula is C15H21NO3. The number of hydrogen-bond donors (Lipinski definition) is 1. The normalized spacial score (nSPS) is 17.7. The van der Waals surface area contributed by atoms with Crippen molar-refractivity contribution in [3.8, 4) is 5.75 Å². The molecule has 1 aromatic rings. The number of nitrogens with zero attached hydrogens (tertiary/aromatic N) is 1. The van der Waals surface area contributed by atoms with E-state index in [9.17, 15) is 4.79 Å². The highest BCUT2D eigenvalue weighted by Crippen LogP contribution is 2.33. The van der Waals surface area contributed by atoms with E-state index < -0.39 is 5.97 Å². The summed E-state index contributed by atoms with van der Waals surface area (Å²) in [6, 6.07) is 8.07. The highest BCUT2D eigenvalue weighted by Gasteiger charge is 2.23. The van der Waals surface area contributed by atoms with Crippen LogP contribution in [0.5, 0.6) is 5.75 Å². The molecule has 1 atom stereocenters. The van der Waals surface area contributed by atoms with Crippen LogP contribution in [0.25, 0.3) is 0 Å². The van der Waals surface area contributed by atoms with E-state index in [4.69, 9.17) is 9.84 Å². The zero-order valence-electron chi connectivity index (χ0n) is 11.3. The Morgan fingerprint density at radius 1 is 1.42 bits per heavy atom. The number of carboxylic acid groups (broad SMARTS) is 1. The molecule has 2 rings (SSSR count). The molecule has 1 aliphatic rings. The minimum absolute atomic E-state index is 0.231. The first kappa shape index (κ1) is 13.7. The van der Waals surface area contributed by atoms with E-state index in [1.807, 2.05) is 18.2 Å². The lowest BCUT2D eigenvalue weighted by molar-refractivity contribution is -0.137. The van der Waals surface area contributed by atoms with Gasteiger partial charge in [0.25, 0.3) is 0 Å². The molecule has 1 unspecified atom stereocenters. The van der Waals surface area contributed by atoms with Gasteiger partial charge in [0.05, 0.1) is 12.2 Å². The van der Waals surface area contributed by atoms with Crippen molar-refractivity contribution < 1.29 is 14.6 Å². The lowest BCUT2D eigenvalue weighted by atomic mass is 10.1. The van der Waals surface area contributed by atoms with Gasteiger partial charge in [-0.1, -0.05) is 19.1 Å². The van der Waals surface area contributed by atoms with Crippen LogP contribution < -0.4 is 9.64 Å². The molecule has 1 heterocycles. The lowest BCUT2D eigenvalue weighted by Crippen LogP contribution is -2.40. The van der Waals surface area contributed by atoms with Crippen LogP contribution in [-0.2, 0) is 4.79 Å². The van der Waals surface area contributed by atoms with E-state index in [-0.39, 0.29) is 12.5 Å². The van der Waals surface area contributed by atoms with Crippen molar-refractivity contribution in [2.75, 3.05) is 18.0 Å². The van der Waals surface area contributed by atoms with Crippen LogP contribution in [0.15, 0.2) is 24.3 Å². The summed E-state index contributed by atoms with van der Waals surface area (Å²) >= 11 is 0. The van der Waals surface area contributed by atoms with E-state index in [1.165, 1.54) is 0 Å². The number of fused-ring (bicyclic) bond motifs is 1. The minimum Gasteiger partial charge on any atom is -0.486 e. The molecule has 0 saturated carbocycles. The molecule has 0 saturated heterocycles. The lowest BCUT2D eigenvalue weighted by Gasteiger charge is -2.36. The molecule has 4 nitrogen and oxygen atoms in total.